The van der Waals surface area contributed by atoms with Crippen molar-refractivity contribution >= 4 is 5.97 Å². The van der Waals surface area contributed by atoms with E-state index < -0.39 is 145 Å². The van der Waals surface area contributed by atoms with Gasteiger partial charge < -0.3 is 90.1 Å². The van der Waals surface area contributed by atoms with Crippen molar-refractivity contribution in [3.05, 3.63) is 11.6 Å². The third-order valence-electron chi connectivity index (χ3n) is 20.0. The summed E-state index contributed by atoms with van der Waals surface area (Å²) >= 11 is 0. The van der Waals surface area contributed by atoms with Crippen molar-refractivity contribution in [1.29, 1.82) is 0 Å². The van der Waals surface area contributed by atoms with Crippen LogP contribution >= 0.6 is 0 Å². The third kappa shape index (κ3) is 7.99. The van der Waals surface area contributed by atoms with Crippen LogP contribution in [0.1, 0.15) is 106 Å². The van der Waals surface area contributed by atoms with Crippen molar-refractivity contribution in [2.24, 2.45) is 56.2 Å². The molecule has 7 fully saturated rings. The number of carbonyl (C=O) groups is 1. The molecular weight excluding hydrogens is 893 g/mol. The molecule has 19 nitrogen and oxygen atoms in total. The van der Waals surface area contributed by atoms with Gasteiger partial charge in [0, 0.05) is 11.3 Å². The van der Waals surface area contributed by atoms with Crippen molar-refractivity contribution < 1.29 is 94.9 Å². The molecule has 0 aromatic carbocycles. The van der Waals surface area contributed by atoms with Crippen molar-refractivity contribution in [2.75, 3.05) is 19.8 Å². The van der Waals surface area contributed by atoms with E-state index >= 15 is 4.79 Å². The molecule has 0 aromatic heterocycles. The molecule has 0 spiro atoms. The summed E-state index contributed by atoms with van der Waals surface area (Å²) in [5, 5.41) is 142. The number of aliphatic hydroxyl groups excluding tert-OH is 13. The van der Waals surface area contributed by atoms with Crippen LogP contribution in [-0.2, 0) is 28.5 Å². The first-order chi connectivity index (χ1) is 31.7. The van der Waals surface area contributed by atoms with Gasteiger partial charge in [-0.2, -0.15) is 0 Å². The maximum atomic E-state index is 15.1. The van der Waals surface area contributed by atoms with Gasteiger partial charge in [0.15, 0.2) is 18.7 Å². The zero-order valence-corrected chi connectivity index (χ0v) is 40.5. The van der Waals surface area contributed by atoms with E-state index in [9.17, 15) is 66.4 Å². The van der Waals surface area contributed by atoms with Crippen LogP contribution in [0.5, 0.6) is 0 Å². The fourth-order valence-electron chi connectivity index (χ4n) is 15.5. The summed E-state index contributed by atoms with van der Waals surface area (Å²) < 4.78 is 28.8. The maximum absolute atomic E-state index is 15.1. The predicted molar refractivity (Wildman–Crippen MR) is 236 cm³/mol. The number of ether oxygens (including phenoxy) is 5. The second-order valence-electron chi connectivity index (χ2n) is 24.1. The molecule has 26 atom stereocenters. The number of aliphatic hydroxyl groups is 13. The number of hydrogen-bond acceptors (Lipinski definition) is 19. The van der Waals surface area contributed by atoms with Gasteiger partial charge in [-0.3, -0.25) is 4.79 Å². The van der Waals surface area contributed by atoms with Crippen LogP contribution in [-0.4, -0.2) is 196 Å². The normalized spacial score (nSPS) is 55.7. The van der Waals surface area contributed by atoms with Gasteiger partial charge in [-0.1, -0.05) is 53.2 Å². The smallest absolute Gasteiger partial charge is 0.313 e. The van der Waals surface area contributed by atoms with E-state index in [4.69, 9.17) is 23.7 Å². The molecule has 0 bridgehead atoms. The van der Waals surface area contributed by atoms with Gasteiger partial charge in [-0.05, 0) is 104 Å². The Labute approximate surface area is 398 Å². The molecule has 0 radical (unpaired) electrons. The van der Waals surface area contributed by atoms with Crippen LogP contribution in [0, 0.1) is 56.2 Å². The minimum atomic E-state index is -1.91. The molecule has 0 aromatic rings. The summed E-state index contributed by atoms with van der Waals surface area (Å²) in [6.45, 7) is 12.8. The fourth-order valence-corrected chi connectivity index (χ4v) is 15.5. The highest BCUT2D eigenvalue weighted by atomic mass is 16.7. The average molecular weight is 973 g/mol. The first-order valence-electron chi connectivity index (χ1n) is 24.9. The molecule has 13 N–H and O–H groups in total. The lowest BCUT2D eigenvalue weighted by atomic mass is 9.33. The molecule has 6 aliphatic carbocycles. The Kier molecular flexibility index (Phi) is 14.4. The number of fused-ring (bicyclic) bond motifs is 7. The molecule has 8 rings (SSSR count). The summed E-state index contributed by atoms with van der Waals surface area (Å²) in [4.78, 5) is 15.1. The average Bonchev–Trinajstić information content (AvgIpc) is 3.29. The van der Waals surface area contributed by atoms with E-state index in [0.29, 0.717) is 44.9 Å². The fraction of sp³-hybridized carbons (Fsp3) is 0.939. The van der Waals surface area contributed by atoms with Crippen LogP contribution in [0.2, 0.25) is 0 Å². The predicted octanol–water partition coefficient (Wildman–Crippen LogP) is -1.25. The monoisotopic (exact) mass is 973 g/mol. The molecule has 19 heteroatoms. The lowest BCUT2D eigenvalue weighted by Gasteiger charge is -2.71. The van der Waals surface area contributed by atoms with Crippen LogP contribution in [0.25, 0.3) is 0 Å². The molecule has 8 aliphatic rings. The highest BCUT2D eigenvalue weighted by Gasteiger charge is 2.71. The quantitative estimate of drug-likeness (QED) is 0.0948. The minimum Gasteiger partial charge on any atom is -0.456 e. The minimum absolute atomic E-state index is 0.0238. The van der Waals surface area contributed by atoms with Gasteiger partial charge in [0.25, 0.3) is 0 Å². The van der Waals surface area contributed by atoms with E-state index in [1.54, 1.807) is 0 Å². The Morgan fingerprint density at radius 3 is 1.99 bits per heavy atom. The number of esters is 1. The molecule has 5 saturated carbocycles. The van der Waals surface area contributed by atoms with Gasteiger partial charge in [-0.15, -0.1) is 0 Å². The Hall–Kier alpha value is -1.47. The Morgan fingerprint density at radius 2 is 1.32 bits per heavy atom. The first kappa shape index (κ1) is 52.8. The van der Waals surface area contributed by atoms with Crippen molar-refractivity contribution in [2.45, 2.75) is 210 Å². The van der Waals surface area contributed by atoms with Gasteiger partial charge >= 0.3 is 5.97 Å². The molecule has 2 saturated heterocycles. The number of hydrogen-bond donors (Lipinski definition) is 13. The van der Waals surface area contributed by atoms with E-state index in [1.165, 1.54) is 12.5 Å². The number of allylic oxidation sites excluding steroid dienone is 2. The zero-order chi connectivity index (χ0) is 50.0. The van der Waals surface area contributed by atoms with Crippen molar-refractivity contribution in [1.82, 2.24) is 0 Å². The van der Waals surface area contributed by atoms with Crippen LogP contribution in [0.4, 0.5) is 0 Å². The summed E-state index contributed by atoms with van der Waals surface area (Å²) in [7, 11) is 0. The van der Waals surface area contributed by atoms with E-state index in [-0.39, 0.29) is 40.6 Å². The lowest BCUT2D eigenvalue weighted by molar-refractivity contribution is -0.358. The largest absolute Gasteiger partial charge is 0.456 e. The molecule has 2 heterocycles. The summed E-state index contributed by atoms with van der Waals surface area (Å²) in [6, 6.07) is 0. The molecule has 68 heavy (non-hydrogen) atoms. The van der Waals surface area contributed by atoms with Crippen molar-refractivity contribution in [3.63, 3.8) is 0 Å². The first-order valence-corrected chi connectivity index (χ1v) is 24.9. The highest BCUT2D eigenvalue weighted by molar-refractivity contribution is 5.79. The third-order valence-corrected chi connectivity index (χ3v) is 20.0. The van der Waals surface area contributed by atoms with Gasteiger partial charge in [0.2, 0.25) is 0 Å². The standard InChI is InChI=1S/C49H80O19/c1-21-29(53)32(56)36(60)42(65-21)67-38-26(18-50)66-41(37(61)35(38)59)64-19-22-30(54)33(57)34(58)39(31(22)55)68-43(63)49-14-12-44(2,3)16-24(49)23-8-9-28-45(4)17-25(52)40(62)46(5,20-51)27(45)10-11-48(28,7)47(23,6)13-15-49/h8,21-22,24-42,50-62H,9-20H2,1-7H3/t21-,22+,24-,25+,26+,27+,28+,29-,30+,31-,32+,33-,34+,35+,36+,37+,38+,39+,40-,41+,42+,45-,46-,47+,48+,49-/m0/s1. The van der Waals surface area contributed by atoms with Gasteiger partial charge in [-0.25, -0.2) is 0 Å². The van der Waals surface area contributed by atoms with E-state index in [0.717, 1.165) is 12.8 Å². The van der Waals surface area contributed by atoms with Crippen LogP contribution in [0.15, 0.2) is 11.6 Å². The Morgan fingerprint density at radius 1 is 0.691 bits per heavy atom. The highest BCUT2D eigenvalue weighted by Crippen LogP contribution is 2.76. The second kappa shape index (κ2) is 18.5. The topological polar surface area (TPSA) is 326 Å². The second-order valence-corrected chi connectivity index (χ2v) is 24.1. The SMILES string of the molecule is C[C@@H]1O[C@H](O[C@H]2[C@H](O)[C@@H](O)[C@H](OC[C@@H]3[C@@H](O)[C@H](O)[C@@H](O)[C@H](OC(=O)[C@]45CCC(C)(C)C[C@H]4C4=CC[C@@H]6[C@@]7(C)C[C@@H](O)[C@H](O)[C@@](C)(CO)[C@@H]7CC[C@@]6(C)[C@]4(C)CC5)[C@H]3O)O[C@@H]2CO)[C@H](O)[C@H](O)[C@H]1O. The molecule has 2 aliphatic heterocycles. The van der Waals surface area contributed by atoms with Crippen molar-refractivity contribution in [3.8, 4) is 0 Å². The Bertz CT molecular complexity index is 1870. The number of carbonyl (C=O) groups excluding carboxylic acids is 1. The summed E-state index contributed by atoms with van der Waals surface area (Å²) in [5.41, 5.74) is -1.93. The lowest BCUT2D eigenvalue weighted by Crippen LogP contribution is -2.68. The molecule has 0 amide bonds. The molecule has 0 unspecified atom stereocenters. The molecular formula is C49H80O19. The molecule has 390 valence electrons. The van der Waals surface area contributed by atoms with E-state index in [1.807, 2.05) is 6.92 Å². The van der Waals surface area contributed by atoms with Crippen LogP contribution < -0.4 is 0 Å². The summed E-state index contributed by atoms with van der Waals surface area (Å²) in [6.07, 6.45) is -19.2. The Balaban J connectivity index is 0.999. The van der Waals surface area contributed by atoms with Gasteiger partial charge in [0.05, 0.1) is 49.7 Å². The van der Waals surface area contributed by atoms with E-state index in [2.05, 4.69) is 40.7 Å². The maximum Gasteiger partial charge on any atom is 0.313 e. The number of rotatable bonds is 9. The van der Waals surface area contributed by atoms with Crippen LogP contribution in [0.3, 0.4) is 0 Å². The van der Waals surface area contributed by atoms with Gasteiger partial charge in [0.1, 0.15) is 61.0 Å². The zero-order valence-electron chi connectivity index (χ0n) is 40.5. The summed E-state index contributed by atoms with van der Waals surface area (Å²) in [5.74, 6) is -2.25.